The van der Waals surface area contributed by atoms with Crippen LogP contribution in [0.3, 0.4) is 0 Å². The number of carbonyl (C=O) groups excluding carboxylic acids is 1. The first-order valence-corrected chi connectivity index (χ1v) is 7.41. The highest BCUT2D eigenvalue weighted by molar-refractivity contribution is 5.82. The highest BCUT2D eigenvalue weighted by atomic mass is 16.6. The number of ether oxygens (including phenoxy) is 2. The maximum Gasteiger partial charge on any atom is 0.265 e. The van der Waals surface area contributed by atoms with Gasteiger partial charge in [-0.2, -0.15) is 5.10 Å². The number of para-hydroxylation sites is 2. The molecule has 1 aliphatic rings. The van der Waals surface area contributed by atoms with Gasteiger partial charge in [-0.3, -0.25) is 9.48 Å². The van der Waals surface area contributed by atoms with E-state index >= 15 is 0 Å². The van der Waals surface area contributed by atoms with Crippen molar-refractivity contribution in [3.8, 4) is 11.5 Å². The van der Waals surface area contributed by atoms with E-state index in [0.29, 0.717) is 18.0 Å². The molecule has 0 fully saturated rings. The first kappa shape index (κ1) is 14.4. The van der Waals surface area contributed by atoms with Gasteiger partial charge in [0.05, 0.1) is 0 Å². The molecule has 0 saturated heterocycles. The Kier molecular flexibility index (Phi) is 4.27. The Morgan fingerprint density at radius 1 is 1.27 bits per heavy atom. The Hall–Kier alpha value is -2.50. The summed E-state index contributed by atoms with van der Waals surface area (Å²) in [7, 11) is 0. The largest absolute Gasteiger partial charge is 0.482 e. The first-order valence-electron chi connectivity index (χ1n) is 7.41. The lowest BCUT2D eigenvalue weighted by atomic mass is 10.1. The van der Waals surface area contributed by atoms with Gasteiger partial charge in [0.2, 0.25) is 6.10 Å². The average Bonchev–Trinajstić information content (AvgIpc) is 3.04. The number of hydrogen-bond acceptors (Lipinski definition) is 4. The number of benzene rings is 1. The summed E-state index contributed by atoms with van der Waals surface area (Å²) in [4.78, 5) is 12.2. The van der Waals surface area contributed by atoms with Crippen LogP contribution in [-0.2, 0) is 11.3 Å². The third kappa shape index (κ3) is 3.21. The van der Waals surface area contributed by atoms with Crippen molar-refractivity contribution < 1.29 is 14.3 Å². The Morgan fingerprint density at radius 3 is 2.77 bits per heavy atom. The number of aryl methyl sites for hydroxylation is 1. The Labute approximate surface area is 129 Å². The Balaban J connectivity index is 1.50. The average molecular weight is 301 g/mol. The molecule has 6 heteroatoms. The second-order valence-electron chi connectivity index (χ2n) is 5.22. The second-order valence-corrected chi connectivity index (χ2v) is 5.22. The van der Waals surface area contributed by atoms with E-state index in [1.807, 2.05) is 42.1 Å². The van der Waals surface area contributed by atoms with Gasteiger partial charge in [0.1, 0.15) is 6.10 Å². The van der Waals surface area contributed by atoms with E-state index in [-0.39, 0.29) is 12.0 Å². The predicted octanol–water partition coefficient (Wildman–Crippen LogP) is 1.62. The molecular formula is C16H19N3O3. The van der Waals surface area contributed by atoms with Crippen LogP contribution >= 0.6 is 0 Å². The molecular weight excluding hydrogens is 282 g/mol. The maximum atomic E-state index is 12.2. The highest BCUT2D eigenvalue weighted by Gasteiger charge is 2.33. The highest BCUT2D eigenvalue weighted by Crippen LogP contribution is 2.33. The minimum absolute atomic E-state index is 0.150. The molecule has 22 heavy (non-hydrogen) atoms. The molecule has 1 aromatic carbocycles. The minimum atomic E-state index is -0.625. The Morgan fingerprint density at radius 2 is 2.05 bits per heavy atom. The fourth-order valence-corrected chi connectivity index (χ4v) is 2.39. The standard InChI is InChI=1S/C16H19N3O3/c1-12-15(22-14-7-3-2-6-13(14)21-12)16(20)17-8-4-10-19-11-5-9-18-19/h2-3,5-7,9,11-12,15H,4,8,10H2,1H3,(H,17,20)/t12-,15+/m1/s1. The van der Waals surface area contributed by atoms with E-state index in [0.717, 1.165) is 13.0 Å². The summed E-state index contributed by atoms with van der Waals surface area (Å²) >= 11 is 0. The lowest BCUT2D eigenvalue weighted by Gasteiger charge is -2.31. The molecule has 0 spiro atoms. The zero-order valence-corrected chi connectivity index (χ0v) is 12.4. The van der Waals surface area contributed by atoms with Crippen LogP contribution in [-0.4, -0.2) is 34.4 Å². The molecule has 116 valence electrons. The van der Waals surface area contributed by atoms with E-state index < -0.39 is 6.10 Å². The maximum absolute atomic E-state index is 12.2. The molecule has 0 aliphatic carbocycles. The van der Waals surface area contributed by atoms with E-state index in [2.05, 4.69) is 10.4 Å². The molecule has 1 aromatic heterocycles. The lowest BCUT2D eigenvalue weighted by molar-refractivity contribution is -0.133. The van der Waals surface area contributed by atoms with Crippen molar-refractivity contribution in [1.82, 2.24) is 15.1 Å². The van der Waals surface area contributed by atoms with Gasteiger partial charge >= 0.3 is 0 Å². The van der Waals surface area contributed by atoms with Crippen LogP contribution in [0.2, 0.25) is 0 Å². The molecule has 1 aliphatic heterocycles. The molecule has 2 heterocycles. The summed E-state index contributed by atoms with van der Waals surface area (Å²) < 4.78 is 13.3. The van der Waals surface area contributed by atoms with Gasteiger partial charge in [0.15, 0.2) is 11.5 Å². The van der Waals surface area contributed by atoms with Gasteiger partial charge in [0, 0.05) is 25.5 Å². The SMILES string of the molecule is C[C@H]1Oc2ccccc2O[C@@H]1C(=O)NCCCn1cccn1. The zero-order valence-electron chi connectivity index (χ0n) is 12.4. The molecule has 0 bridgehead atoms. The number of nitrogens with zero attached hydrogens (tertiary/aromatic N) is 2. The summed E-state index contributed by atoms with van der Waals surface area (Å²) in [6.45, 7) is 3.19. The lowest BCUT2D eigenvalue weighted by Crippen LogP contribution is -2.49. The molecule has 0 unspecified atom stereocenters. The van der Waals surface area contributed by atoms with Crippen LogP contribution in [0.5, 0.6) is 11.5 Å². The fraction of sp³-hybridized carbons (Fsp3) is 0.375. The zero-order chi connectivity index (χ0) is 15.4. The van der Waals surface area contributed by atoms with Crippen LogP contribution < -0.4 is 14.8 Å². The second kappa shape index (κ2) is 6.51. The van der Waals surface area contributed by atoms with Gasteiger partial charge in [-0.25, -0.2) is 0 Å². The van der Waals surface area contributed by atoms with Gasteiger partial charge < -0.3 is 14.8 Å². The van der Waals surface area contributed by atoms with Crippen molar-refractivity contribution in [2.45, 2.75) is 32.1 Å². The number of aromatic nitrogens is 2. The quantitative estimate of drug-likeness (QED) is 0.852. The molecule has 2 aromatic rings. The van der Waals surface area contributed by atoms with E-state index in [4.69, 9.17) is 9.47 Å². The van der Waals surface area contributed by atoms with Crippen molar-refractivity contribution in [2.24, 2.45) is 0 Å². The van der Waals surface area contributed by atoms with Crippen molar-refractivity contribution in [3.05, 3.63) is 42.7 Å². The monoisotopic (exact) mass is 301 g/mol. The van der Waals surface area contributed by atoms with Crippen LogP contribution in [0, 0.1) is 0 Å². The van der Waals surface area contributed by atoms with Gasteiger partial charge in [-0.15, -0.1) is 0 Å². The molecule has 2 atom stereocenters. The molecule has 6 nitrogen and oxygen atoms in total. The van der Waals surface area contributed by atoms with E-state index in [1.54, 1.807) is 12.3 Å². The molecule has 1 N–H and O–H groups in total. The third-order valence-electron chi connectivity index (χ3n) is 3.52. The number of fused-ring (bicyclic) bond motifs is 1. The molecule has 3 rings (SSSR count). The van der Waals surface area contributed by atoms with E-state index in [1.165, 1.54) is 0 Å². The van der Waals surface area contributed by atoms with Crippen molar-refractivity contribution in [2.75, 3.05) is 6.54 Å². The van der Waals surface area contributed by atoms with Crippen molar-refractivity contribution in [1.29, 1.82) is 0 Å². The van der Waals surface area contributed by atoms with Crippen LogP contribution in [0.25, 0.3) is 0 Å². The minimum Gasteiger partial charge on any atom is -0.482 e. The number of amides is 1. The topological polar surface area (TPSA) is 65.4 Å². The van der Waals surface area contributed by atoms with Gasteiger partial charge in [-0.05, 0) is 31.5 Å². The van der Waals surface area contributed by atoms with Crippen LogP contribution in [0.1, 0.15) is 13.3 Å². The van der Waals surface area contributed by atoms with Crippen molar-refractivity contribution in [3.63, 3.8) is 0 Å². The molecule has 1 amide bonds. The molecule has 0 radical (unpaired) electrons. The summed E-state index contributed by atoms with van der Waals surface area (Å²) in [6, 6.07) is 9.26. The summed E-state index contributed by atoms with van der Waals surface area (Å²) in [5, 5.41) is 7.01. The van der Waals surface area contributed by atoms with Crippen LogP contribution in [0.4, 0.5) is 0 Å². The first-order chi connectivity index (χ1) is 10.7. The summed E-state index contributed by atoms with van der Waals surface area (Å²) in [5.74, 6) is 1.14. The van der Waals surface area contributed by atoms with Crippen molar-refractivity contribution >= 4 is 5.91 Å². The van der Waals surface area contributed by atoms with E-state index in [9.17, 15) is 4.79 Å². The number of nitrogens with one attached hydrogen (secondary N) is 1. The van der Waals surface area contributed by atoms with Gasteiger partial charge in [0.25, 0.3) is 5.91 Å². The normalized spacial score (nSPS) is 19.7. The number of rotatable bonds is 5. The fourth-order valence-electron chi connectivity index (χ4n) is 2.39. The summed E-state index contributed by atoms with van der Waals surface area (Å²) in [6.07, 6.45) is 3.51. The molecule has 0 saturated carbocycles. The number of hydrogen-bond donors (Lipinski definition) is 1. The third-order valence-corrected chi connectivity index (χ3v) is 3.52. The predicted molar refractivity (Wildman–Crippen MR) is 80.8 cm³/mol. The van der Waals surface area contributed by atoms with Crippen LogP contribution in [0.15, 0.2) is 42.7 Å². The summed E-state index contributed by atoms with van der Waals surface area (Å²) in [5.41, 5.74) is 0. The smallest absolute Gasteiger partial charge is 0.265 e. The Bertz CT molecular complexity index is 627. The number of carbonyl (C=O) groups is 1. The van der Waals surface area contributed by atoms with Gasteiger partial charge in [-0.1, -0.05) is 12.1 Å².